The molecule has 2 N–H and O–H groups in total. The summed E-state index contributed by atoms with van der Waals surface area (Å²) in [6.45, 7) is 6.91. The largest absolute Gasteiger partial charge is 0.494 e. The topological polar surface area (TPSA) is 55.6 Å². The first-order valence-corrected chi connectivity index (χ1v) is 6.68. The Labute approximate surface area is 127 Å². The van der Waals surface area contributed by atoms with Crippen molar-refractivity contribution in [1.82, 2.24) is 4.90 Å². The molecule has 1 amide bonds. The van der Waals surface area contributed by atoms with Crippen LogP contribution in [0.3, 0.4) is 0 Å². The number of benzene rings is 1. The quantitative estimate of drug-likeness (QED) is 0.878. The standard InChI is InChI=1S/C15H24N2O2.ClH/c1-5-19-14-8-6-13(7-9-14)10-17(4)15(18)11(2)12(3)16;/h6-9,11-12H,5,10,16H2,1-4H3;1H. The van der Waals surface area contributed by atoms with Gasteiger partial charge in [-0.05, 0) is 31.5 Å². The summed E-state index contributed by atoms with van der Waals surface area (Å²) in [5, 5.41) is 0. The van der Waals surface area contributed by atoms with E-state index in [1.165, 1.54) is 0 Å². The number of rotatable bonds is 6. The van der Waals surface area contributed by atoms with Crippen molar-refractivity contribution < 1.29 is 9.53 Å². The van der Waals surface area contributed by atoms with Crippen LogP contribution in [0.1, 0.15) is 26.3 Å². The first kappa shape index (κ1) is 18.7. The Hall–Kier alpha value is -1.26. The molecule has 4 nitrogen and oxygen atoms in total. The minimum Gasteiger partial charge on any atom is -0.494 e. The lowest BCUT2D eigenvalue weighted by Crippen LogP contribution is -2.39. The third kappa shape index (κ3) is 5.39. The molecule has 0 spiro atoms. The number of amides is 1. The lowest BCUT2D eigenvalue weighted by atomic mass is 10.0. The van der Waals surface area contributed by atoms with E-state index in [-0.39, 0.29) is 30.3 Å². The predicted octanol–water partition coefficient (Wildman–Crippen LogP) is 2.45. The van der Waals surface area contributed by atoms with Gasteiger partial charge in [0.05, 0.1) is 12.5 Å². The summed E-state index contributed by atoms with van der Waals surface area (Å²) in [7, 11) is 1.80. The molecule has 0 saturated heterocycles. The van der Waals surface area contributed by atoms with Crippen LogP contribution in [0.15, 0.2) is 24.3 Å². The molecule has 0 aliphatic carbocycles. The van der Waals surface area contributed by atoms with E-state index in [4.69, 9.17) is 10.5 Å². The van der Waals surface area contributed by atoms with Crippen LogP contribution in [0.2, 0.25) is 0 Å². The summed E-state index contributed by atoms with van der Waals surface area (Å²) in [6.07, 6.45) is 0. The minimum atomic E-state index is -0.160. The van der Waals surface area contributed by atoms with Gasteiger partial charge in [0.1, 0.15) is 5.75 Å². The second kappa shape index (κ2) is 8.82. The molecular weight excluding hydrogens is 276 g/mol. The van der Waals surface area contributed by atoms with Crippen molar-refractivity contribution in [3.05, 3.63) is 29.8 Å². The first-order chi connectivity index (χ1) is 8.95. The molecule has 0 heterocycles. The van der Waals surface area contributed by atoms with Crippen LogP contribution in [0.5, 0.6) is 5.75 Å². The fraction of sp³-hybridized carbons (Fsp3) is 0.533. The lowest BCUT2D eigenvalue weighted by Gasteiger charge is -2.23. The van der Waals surface area contributed by atoms with Gasteiger partial charge in [-0.3, -0.25) is 4.79 Å². The zero-order valence-electron chi connectivity index (χ0n) is 12.6. The maximum atomic E-state index is 12.1. The number of halogens is 1. The van der Waals surface area contributed by atoms with Crippen LogP contribution in [0.4, 0.5) is 0 Å². The third-order valence-corrected chi connectivity index (χ3v) is 3.21. The molecule has 2 unspecified atom stereocenters. The van der Waals surface area contributed by atoms with Gasteiger partial charge in [0.25, 0.3) is 0 Å². The second-order valence-corrected chi connectivity index (χ2v) is 4.92. The number of ether oxygens (including phenoxy) is 1. The minimum absolute atomic E-state index is 0. The highest BCUT2D eigenvalue weighted by molar-refractivity contribution is 5.85. The van der Waals surface area contributed by atoms with Crippen LogP contribution in [-0.2, 0) is 11.3 Å². The molecule has 0 aliphatic heterocycles. The van der Waals surface area contributed by atoms with Crippen molar-refractivity contribution in [3.8, 4) is 5.75 Å². The highest BCUT2D eigenvalue weighted by atomic mass is 35.5. The fourth-order valence-electron chi connectivity index (χ4n) is 1.78. The summed E-state index contributed by atoms with van der Waals surface area (Å²) in [4.78, 5) is 13.8. The van der Waals surface area contributed by atoms with Crippen LogP contribution < -0.4 is 10.5 Å². The fourth-order valence-corrected chi connectivity index (χ4v) is 1.78. The van der Waals surface area contributed by atoms with Gasteiger partial charge < -0.3 is 15.4 Å². The van der Waals surface area contributed by atoms with Gasteiger partial charge in [-0.15, -0.1) is 12.4 Å². The van der Waals surface area contributed by atoms with E-state index in [9.17, 15) is 4.79 Å². The summed E-state index contributed by atoms with van der Waals surface area (Å²) in [5.41, 5.74) is 6.84. The Morgan fingerprint density at radius 2 is 1.85 bits per heavy atom. The maximum Gasteiger partial charge on any atom is 0.226 e. The van der Waals surface area contributed by atoms with Crippen LogP contribution >= 0.6 is 12.4 Å². The molecule has 20 heavy (non-hydrogen) atoms. The highest BCUT2D eigenvalue weighted by Gasteiger charge is 2.20. The zero-order valence-corrected chi connectivity index (χ0v) is 13.4. The van der Waals surface area contributed by atoms with E-state index >= 15 is 0 Å². The molecule has 1 aromatic carbocycles. The van der Waals surface area contributed by atoms with Crippen molar-refractivity contribution in [3.63, 3.8) is 0 Å². The van der Waals surface area contributed by atoms with E-state index in [1.807, 2.05) is 45.0 Å². The highest BCUT2D eigenvalue weighted by Crippen LogP contribution is 2.14. The third-order valence-electron chi connectivity index (χ3n) is 3.21. The molecule has 0 bridgehead atoms. The van der Waals surface area contributed by atoms with Gasteiger partial charge in [-0.2, -0.15) is 0 Å². The number of nitrogens with two attached hydrogens (primary N) is 1. The monoisotopic (exact) mass is 300 g/mol. The number of carbonyl (C=O) groups is 1. The van der Waals surface area contributed by atoms with Gasteiger partial charge in [-0.25, -0.2) is 0 Å². The van der Waals surface area contributed by atoms with E-state index < -0.39 is 0 Å². The molecule has 0 fully saturated rings. The SMILES string of the molecule is CCOc1ccc(CN(C)C(=O)C(C)C(C)N)cc1.Cl. The predicted molar refractivity (Wildman–Crippen MR) is 84.1 cm³/mol. The average Bonchev–Trinajstić information content (AvgIpc) is 2.39. The Morgan fingerprint density at radius 3 is 2.30 bits per heavy atom. The Morgan fingerprint density at radius 1 is 1.30 bits per heavy atom. The average molecular weight is 301 g/mol. The van der Waals surface area contributed by atoms with E-state index in [0.717, 1.165) is 11.3 Å². The molecule has 114 valence electrons. The molecule has 5 heteroatoms. The summed E-state index contributed by atoms with van der Waals surface area (Å²) < 4.78 is 5.39. The van der Waals surface area contributed by atoms with Crippen molar-refractivity contribution in [2.45, 2.75) is 33.4 Å². The molecule has 1 rings (SSSR count). The van der Waals surface area contributed by atoms with Gasteiger partial charge in [0, 0.05) is 19.6 Å². The Bertz CT molecular complexity index is 407. The lowest BCUT2D eigenvalue weighted by molar-refractivity contribution is -0.134. The van der Waals surface area contributed by atoms with Crippen molar-refractivity contribution in [2.75, 3.05) is 13.7 Å². The number of carbonyl (C=O) groups excluding carboxylic acids is 1. The van der Waals surface area contributed by atoms with Crippen LogP contribution in [0, 0.1) is 5.92 Å². The van der Waals surface area contributed by atoms with Crippen molar-refractivity contribution >= 4 is 18.3 Å². The van der Waals surface area contributed by atoms with E-state index in [2.05, 4.69) is 0 Å². The molecule has 1 aromatic rings. The van der Waals surface area contributed by atoms with Gasteiger partial charge >= 0.3 is 0 Å². The summed E-state index contributed by atoms with van der Waals surface area (Å²) in [6, 6.07) is 7.67. The molecule has 0 aliphatic rings. The molecule has 2 atom stereocenters. The summed E-state index contributed by atoms with van der Waals surface area (Å²) in [5.74, 6) is 0.765. The Kier molecular flexibility index (Phi) is 8.26. The second-order valence-electron chi connectivity index (χ2n) is 4.92. The van der Waals surface area contributed by atoms with Crippen molar-refractivity contribution in [2.24, 2.45) is 11.7 Å². The van der Waals surface area contributed by atoms with Crippen LogP contribution in [-0.4, -0.2) is 30.5 Å². The van der Waals surface area contributed by atoms with Crippen LogP contribution in [0.25, 0.3) is 0 Å². The smallest absolute Gasteiger partial charge is 0.226 e. The molecule has 0 radical (unpaired) electrons. The molecular formula is C15H25ClN2O2. The van der Waals surface area contributed by atoms with E-state index in [0.29, 0.717) is 13.2 Å². The first-order valence-electron chi connectivity index (χ1n) is 6.68. The van der Waals surface area contributed by atoms with Gasteiger partial charge in [-0.1, -0.05) is 19.1 Å². The number of nitrogens with zero attached hydrogens (tertiary/aromatic N) is 1. The van der Waals surface area contributed by atoms with E-state index in [1.54, 1.807) is 11.9 Å². The Balaban J connectivity index is 0.00000361. The zero-order chi connectivity index (χ0) is 14.4. The molecule has 0 saturated carbocycles. The number of hydrogen-bond donors (Lipinski definition) is 1. The summed E-state index contributed by atoms with van der Waals surface area (Å²) >= 11 is 0. The van der Waals surface area contributed by atoms with Crippen molar-refractivity contribution in [1.29, 1.82) is 0 Å². The normalized spacial score (nSPS) is 13.1. The van der Waals surface area contributed by atoms with Gasteiger partial charge in [0.2, 0.25) is 5.91 Å². The number of hydrogen-bond acceptors (Lipinski definition) is 3. The molecule has 0 aromatic heterocycles. The van der Waals surface area contributed by atoms with Gasteiger partial charge in [0.15, 0.2) is 0 Å². The maximum absolute atomic E-state index is 12.1.